The number of carbonyl (C=O) groups is 2. The summed E-state index contributed by atoms with van der Waals surface area (Å²) in [4.78, 5) is 31.1. The molecule has 1 heterocycles. The average molecular weight is 401 g/mol. The molecule has 0 unspecified atom stereocenters. The molecule has 0 radical (unpaired) electrons. The van der Waals surface area contributed by atoms with Crippen molar-refractivity contribution in [1.82, 2.24) is 4.90 Å². The summed E-state index contributed by atoms with van der Waals surface area (Å²) in [6.07, 6.45) is 0.00230. The number of anilines is 1. The minimum atomic E-state index is -0.561. The summed E-state index contributed by atoms with van der Waals surface area (Å²) in [6.45, 7) is 2.31. The number of para-hydroxylation sites is 2. The van der Waals surface area contributed by atoms with E-state index in [1.165, 1.54) is 36.0 Å². The van der Waals surface area contributed by atoms with Crippen molar-refractivity contribution in [2.45, 2.75) is 18.6 Å². The van der Waals surface area contributed by atoms with Gasteiger partial charge in [0.15, 0.2) is 5.17 Å². The number of aliphatic imine (C=N–C) groups is 1. The van der Waals surface area contributed by atoms with E-state index in [1.54, 1.807) is 24.1 Å². The Balaban J connectivity index is 1.73. The molecular weight excluding hydrogens is 381 g/mol. The summed E-state index contributed by atoms with van der Waals surface area (Å²) in [5.74, 6) is -0.241. The molecule has 146 valence electrons. The van der Waals surface area contributed by atoms with Crippen LogP contribution >= 0.6 is 11.8 Å². The number of amides is 2. The van der Waals surface area contributed by atoms with Crippen molar-refractivity contribution in [2.24, 2.45) is 4.99 Å². The first-order valence-electron chi connectivity index (χ1n) is 8.77. The Morgan fingerprint density at radius 3 is 2.64 bits per heavy atom. The molecule has 0 aliphatic carbocycles. The number of thioether (sulfide) groups is 1. The summed E-state index contributed by atoms with van der Waals surface area (Å²) in [5.41, 5.74) is 1.10. The van der Waals surface area contributed by atoms with Gasteiger partial charge in [0.1, 0.15) is 22.5 Å². The molecule has 8 heteroatoms. The second kappa shape index (κ2) is 8.88. The van der Waals surface area contributed by atoms with Crippen LogP contribution < -0.4 is 10.1 Å². The highest BCUT2D eigenvalue weighted by Crippen LogP contribution is 2.34. The SMILES string of the molecule is CCN1C(=O)[C@@H](CC(=O)Nc2ccc(F)cc2)SC1=Nc1ccccc1OC. The quantitative estimate of drug-likeness (QED) is 0.799. The summed E-state index contributed by atoms with van der Waals surface area (Å²) in [6, 6.07) is 12.8. The maximum atomic E-state index is 13.0. The highest BCUT2D eigenvalue weighted by molar-refractivity contribution is 8.15. The molecule has 28 heavy (non-hydrogen) atoms. The summed E-state index contributed by atoms with van der Waals surface area (Å²) in [7, 11) is 1.56. The Bertz CT molecular complexity index is 902. The van der Waals surface area contributed by atoms with Crippen LogP contribution in [0.4, 0.5) is 15.8 Å². The van der Waals surface area contributed by atoms with Crippen LogP contribution in [-0.2, 0) is 9.59 Å². The molecule has 3 rings (SSSR count). The van der Waals surface area contributed by atoms with E-state index in [9.17, 15) is 14.0 Å². The van der Waals surface area contributed by atoms with Gasteiger partial charge < -0.3 is 10.1 Å². The van der Waals surface area contributed by atoms with Crippen molar-refractivity contribution in [3.8, 4) is 5.75 Å². The molecule has 1 fully saturated rings. The molecule has 1 saturated heterocycles. The fourth-order valence-corrected chi connectivity index (χ4v) is 3.97. The minimum Gasteiger partial charge on any atom is -0.494 e. The van der Waals surface area contributed by atoms with Gasteiger partial charge in [-0.05, 0) is 43.3 Å². The van der Waals surface area contributed by atoms with Crippen molar-refractivity contribution in [3.05, 3.63) is 54.3 Å². The predicted molar refractivity (Wildman–Crippen MR) is 109 cm³/mol. The van der Waals surface area contributed by atoms with Crippen molar-refractivity contribution in [1.29, 1.82) is 0 Å². The van der Waals surface area contributed by atoms with Crippen LogP contribution in [0.5, 0.6) is 5.75 Å². The number of halogens is 1. The highest BCUT2D eigenvalue weighted by Gasteiger charge is 2.38. The topological polar surface area (TPSA) is 71.0 Å². The molecule has 6 nitrogen and oxygen atoms in total. The number of hydrogen-bond acceptors (Lipinski definition) is 5. The molecule has 2 aromatic rings. The first-order valence-corrected chi connectivity index (χ1v) is 9.65. The van der Waals surface area contributed by atoms with Crippen LogP contribution in [0.3, 0.4) is 0 Å². The number of hydrogen-bond donors (Lipinski definition) is 1. The van der Waals surface area contributed by atoms with Crippen molar-refractivity contribution in [3.63, 3.8) is 0 Å². The largest absolute Gasteiger partial charge is 0.494 e. The summed E-state index contributed by atoms with van der Waals surface area (Å²) < 4.78 is 18.3. The van der Waals surface area contributed by atoms with Crippen LogP contribution in [0.1, 0.15) is 13.3 Å². The van der Waals surface area contributed by atoms with Crippen LogP contribution in [0.15, 0.2) is 53.5 Å². The van der Waals surface area contributed by atoms with E-state index in [0.717, 1.165) is 0 Å². The smallest absolute Gasteiger partial charge is 0.242 e. The van der Waals surface area contributed by atoms with E-state index >= 15 is 0 Å². The second-order valence-electron chi connectivity index (χ2n) is 6.01. The van der Waals surface area contributed by atoms with Gasteiger partial charge in [-0.2, -0.15) is 0 Å². The molecule has 1 aliphatic rings. The van der Waals surface area contributed by atoms with Gasteiger partial charge in [0.25, 0.3) is 0 Å². The third kappa shape index (κ3) is 4.51. The van der Waals surface area contributed by atoms with Crippen LogP contribution in [0.2, 0.25) is 0 Å². The second-order valence-corrected chi connectivity index (χ2v) is 7.18. The number of ether oxygens (including phenoxy) is 1. The number of rotatable bonds is 6. The number of nitrogens with one attached hydrogen (secondary N) is 1. The molecule has 1 atom stereocenters. The Labute approximate surface area is 166 Å². The molecule has 1 aliphatic heterocycles. The average Bonchev–Trinajstić information content (AvgIpc) is 2.98. The van der Waals surface area contributed by atoms with Gasteiger partial charge >= 0.3 is 0 Å². The first-order chi connectivity index (χ1) is 13.5. The van der Waals surface area contributed by atoms with Gasteiger partial charge in [-0.15, -0.1) is 0 Å². The van der Waals surface area contributed by atoms with Crippen molar-refractivity contribution >= 4 is 40.1 Å². The molecule has 0 aromatic heterocycles. The predicted octanol–water partition coefficient (Wildman–Crippen LogP) is 3.81. The third-order valence-corrected chi connectivity index (χ3v) is 5.31. The molecule has 2 aromatic carbocycles. The van der Waals surface area contributed by atoms with Crippen LogP contribution in [0, 0.1) is 5.82 Å². The molecule has 0 saturated carbocycles. The van der Waals surface area contributed by atoms with Crippen LogP contribution in [-0.4, -0.2) is 40.8 Å². The minimum absolute atomic E-state index is 0.00230. The molecular formula is C20H20FN3O3S. The van der Waals surface area contributed by atoms with E-state index in [0.29, 0.717) is 28.8 Å². The zero-order valence-electron chi connectivity index (χ0n) is 15.5. The Hall–Kier alpha value is -2.87. The zero-order chi connectivity index (χ0) is 20.1. The van der Waals surface area contributed by atoms with Gasteiger partial charge in [-0.25, -0.2) is 9.38 Å². The monoisotopic (exact) mass is 401 g/mol. The number of methoxy groups -OCH3 is 1. The van der Waals surface area contributed by atoms with Crippen molar-refractivity contribution < 1.29 is 18.7 Å². The normalized spacial score (nSPS) is 17.8. The molecule has 2 amide bonds. The highest BCUT2D eigenvalue weighted by atomic mass is 32.2. The maximum Gasteiger partial charge on any atom is 0.242 e. The number of carbonyl (C=O) groups excluding carboxylic acids is 2. The number of amidine groups is 1. The Morgan fingerprint density at radius 2 is 1.96 bits per heavy atom. The van der Waals surface area contributed by atoms with Crippen LogP contribution in [0.25, 0.3) is 0 Å². The van der Waals surface area contributed by atoms with Gasteiger partial charge in [0.05, 0.1) is 7.11 Å². The lowest BCUT2D eigenvalue weighted by Crippen LogP contribution is -2.33. The van der Waals surface area contributed by atoms with Gasteiger partial charge in [0, 0.05) is 18.7 Å². The molecule has 0 spiro atoms. The fraction of sp³-hybridized carbons (Fsp3) is 0.250. The summed E-state index contributed by atoms with van der Waals surface area (Å²) >= 11 is 1.26. The van der Waals surface area contributed by atoms with Gasteiger partial charge in [-0.1, -0.05) is 23.9 Å². The Morgan fingerprint density at radius 1 is 1.25 bits per heavy atom. The molecule has 0 bridgehead atoms. The Kier molecular flexibility index (Phi) is 6.30. The maximum absolute atomic E-state index is 13.0. The fourth-order valence-electron chi connectivity index (χ4n) is 2.75. The lowest BCUT2D eigenvalue weighted by molar-refractivity contribution is -0.128. The standard InChI is InChI=1S/C20H20FN3O3S/c1-3-24-19(26)17(12-18(25)22-14-10-8-13(21)9-11-14)28-20(24)23-15-6-4-5-7-16(15)27-2/h4-11,17H,3,12H2,1-2H3,(H,22,25)/t17-/m1/s1. The lowest BCUT2D eigenvalue weighted by Gasteiger charge is -2.14. The third-order valence-electron chi connectivity index (χ3n) is 4.14. The van der Waals surface area contributed by atoms with E-state index in [1.807, 2.05) is 19.1 Å². The first kappa shape index (κ1) is 19.9. The lowest BCUT2D eigenvalue weighted by atomic mass is 10.2. The number of nitrogens with zero attached hydrogens (tertiary/aromatic N) is 2. The van der Waals surface area contributed by atoms with Gasteiger partial charge in [-0.3, -0.25) is 14.5 Å². The van der Waals surface area contributed by atoms with Crippen molar-refractivity contribution in [2.75, 3.05) is 19.0 Å². The number of benzene rings is 2. The zero-order valence-corrected chi connectivity index (χ0v) is 16.3. The summed E-state index contributed by atoms with van der Waals surface area (Å²) in [5, 5.41) is 2.66. The van der Waals surface area contributed by atoms with E-state index < -0.39 is 5.25 Å². The van der Waals surface area contributed by atoms with E-state index in [-0.39, 0.29) is 24.1 Å². The van der Waals surface area contributed by atoms with Gasteiger partial charge in [0.2, 0.25) is 11.8 Å². The molecule has 1 N–H and O–H groups in total. The van der Waals surface area contributed by atoms with E-state index in [2.05, 4.69) is 10.3 Å². The van der Waals surface area contributed by atoms with E-state index in [4.69, 9.17) is 4.74 Å².